The Hall–Kier alpha value is -0.200. The summed E-state index contributed by atoms with van der Waals surface area (Å²) in [5.41, 5.74) is 10.7. The average Bonchev–Trinajstić information content (AvgIpc) is 1.93. The highest BCUT2D eigenvalue weighted by molar-refractivity contribution is 4.87. The molecule has 1 saturated heterocycles. The summed E-state index contributed by atoms with van der Waals surface area (Å²) in [6, 6.07) is -1.28. The first-order chi connectivity index (χ1) is 4.63. The van der Waals surface area contributed by atoms with E-state index >= 15 is 0 Å². The van der Waals surface area contributed by atoms with Crippen molar-refractivity contribution in [2.24, 2.45) is 11.5 Å². The molecule has 1 aliphatic heterocycles. The Kier molecular flexibility index (Phi) is 2.22. The fraction of sp³-hybridized carbons (Fsp3) is 1.00. The summed E-state index contributed by atoms with van der Waals surface area (Å²) in [4.78, 5) is 0. The van der Waals surface area contributed by atoms with Gasteiger partial charge in [-0.05, 0) is 0 Å². The van der Waals surface area contributed by atoms with Gasteiger partial charge in [-0.3, -0.25) is 0 Å². The molecule has 1 fully saturated rings. The molecule has 0 bridgehead atoms. The Morgan fingerprint density at radius 1 is 1.30 bits per heavy atom. The average molecular weight is 148 g/mol. The first kappa shape index (κ1) is 7.90. The maximum absolute atomic E-state index is 9.13. The molecule has 0 radical (unpaired) electrons. The molecule has 1 rings (SSSR count). The monoisotopic (exact) mass is 148 g/mol. The van der Waals surface area contributed by atoms with Gasteiger partial charge in [-0.2, -0.15) is 0 Å². The fourth-order valence-corrected chi connectivity index (χ4v) is 0.874. The predicted molar refractivity (Wildman–Crippen MR) is 33.9 cm³/mol. The van der Waals surface area contributed by atoms with Crippen molar-refractivity contribution < 1.29 is 14.9 Å². The zero-order valence-corrected chi connectivity index (χ0v) is 5.47. The number of rotatable bonds is 0. The molecule has 1 heterocycles. The van der Waals surface area contributed by atoms with Crippen LogP contribution < -0.4 is 11.5 Å². The van der Waals surface area contributed by atoms with E-state index in [4.69, 9.17) is 26.4 Å². The minimum Gasteiger partial charge on any atom is -0.390 e. The standard InChI is InChI=1S/C5H12N2O3/c6-2-1-10-5(9)3(7)4(2)8/h2-5,8-9H,1,6-7H2/t2-,3+,4-,5?/m0/s1. The number of hydrogen-bond donors (Lipinski definition) is 4. The Bertz CT molecular complexity index is 107. The highest BCUT2D eigenvalue weighted by Crippen LogP contribution is 2.09. The van der Waals surface area contributed by atoms with Crippen LogP contribution in [0.5, 0.6) is 0 Å². The second-order valence-corrected chi connectivity index (χ2v) is 2.46. The molecule has 6 N–H and O–H groups in total. The lowest BCUT2D eigenvalue weighted by molar-refractivity contribution is -0.172. The van der Waals surface area contributed by atoms with Crippen LogP contribution in [0.15, 0.2) is 0 Å². The lowest BCUT2D eigenvalue weighted by Gasteiger charge is -2.33. The van der Waals surface area contributed by atoms with E-state index in [9.17, 15) is 0 Å². The number of nitrogens with two attached hydrogens (primary N) is 2. The van der Waals surface area contributed by atoms with Crippen LogP contribution >= 0.6 is 0 Å². The molecule has 0 aromatic carbocycles. The molecule has 0 aromatic heterocycles. The topological polar surface area (TPSA) is 102 Å². The maximum atomic E-state index is 9.13. The van der Waals surface area contributed by atoms with Gasteiger partial charge in [0.15, 0.2) is 6.29 Å². The van der Waals surface area contributed by atoms with Gasteiger partial charge in [-0.1, -0.05) is 0 Å². The smallest absolute Gasteiger partial charge is 0.172 e. The van der Waals surface area contributed by atoms with Crippen LogP contribution in [-0.4, -0.2) is 41.3 Å². The molecule has 1 aliphatic rings. The third-order valence-electron chi connectivity index (χ3n) is 1.62. The number of aliphatic hydroxyl groups is 2. The normalized spacial score (nSPS) is 49.2. The van der Waals surface area contributed by atoms with Gasteiger partial charge in [0.25, 0.3) is 0 Å². The van der Waals surface area contributed by atoms with Crippen molar-refractivity contribution in [3.05, 3.63) is 0 Å². The van der Waals surface area contributed by atoms with Crippen LogP contribution in [0.25, 0.3) is 0 Å². The number of hydrogen-bond acceptors (Lipinski definition) is 5. The molecular weight excluding hydrogens is 136 g/mol. The molecular formula is C5H12N2O3. The second kappa shape index (κ2) is 2.81. The summed E-state index contributed by atoms with van der Waals surface area (Å²) < 4.78 is 4.72. The van der Waals surface area contributed by atoms with Gasteiger partial charge >= 0.3 is 0 Å². The quantitative estimate of drug-likeness (QED) is 0.300. The van der Waals surface area contributed by atoms with E-state index in [-0.39, 0.29) is 6.61 Å². The van der Waals surface area contributed by atoms with Crippen molar-refractivity contribution >= 4 is 0 Å². The SMILES string of the molecule is N[C@H]1COC(O)[C@H](N)[C@H]1O. The lowest BCUT2D eigenvalue weighted by atomic mass is 10.0. The lowest BCUT2D eigenvalue weighted by Crippen LogP contribution is -2.60. The molecule has 0 spiro atoms. The molecule has 0 aromatic rings. The number of ether oxygens (including phenoxy) is 1. The minimum atomic E-state index is -1.09. The third kappa shape index (κ3) is 1.28. The minimum absolute atomic E-state index is 0.149. The Labute approximate surface area is 58.6 Å². The summed E-state index contributed by atoms with van der Waals surface area (Å²) in [5.74, 6) is 0. The summed E-state index contributed by atoms with van der Waals surface area (Å²) in [6.07, 6.45) is -1.96. The van der Waals surface area contributed by atoms with Crippen LogP contribution in [0.1, 0.15) is 0 Å². The van der Waals surface area contributed by atoms with Crippen LogP contribution in [0.3, 0.4) is 0 Å². The van der Waals surface area contributed by atoms with E-state index in [0.717, 1.165) is 0 Å². The second-order valence-electron chi connectivity index (χ2n) is 2.46. The van der Waals surface area contributed by atoms with Crippen LogP contribution in [0.2, 0.25) is 0 Å². The third-order valence-corrected chi connectivity index (χ3v) is 1.62. The molecule has 5 nitrogen and oxygen atoms in total. The van der Waals surface area contributed by atoms with Crippen LogP contribution in [0, 0.1) is 0 Å². The van der Waals surface area contributed by atoms with Gasteiger partial charge < -0.3 is 26.4 Å². The highest BCUT2D eigenvalue weighted by Gasteiger charge is 2.33. The van der Waals surface area contributed by atoms with Gasteiger partial charge in [0, 0.05) is 0 Å². The molecule has 0 aliphatic carbocycles. The van der Waals surface area contributed by atoms with E-state index in [1.165, 1.54) is 0 Å². The Balaban J connectivity index is 2.52. The molecule has 60 valence electrons. The predicted octanol–water partition coefficient (Wildman–Crippen LogP) is -2.65. The molecule has 5 heteroatoms. The van der Waals surface area contributed by atoms with E-state index in [1.807, 2.05) is 0 Å². The van der Waals surface area contributed by atoms with Crippen molar-refractivity contribution in [1.29, 1.82) is 0 Å². The van der Waals surface area contributed by atoms with Gasteiger partial charge in [0.1, 0.15) is 0 Å². The first-order valence-corrected chi connectivity index (χ1v) is 3.12. The highest BCUT2D eigenvalue weighted by atomic mass is 16.6. The molecule has 0 amide bonds. The fourth-order valence-electron chi connectivity index (χ4n) is 0.874. The molecule has 0 saturated carbocycles. The van der Waals surface area contributed by atoms with Gasteiger partial charge in [-0.15, -0.1) is 0 Å². The molecule has 1 unspecified atom stereocenters. The van der Waals surface area contributed by atoms with E-state index in [1.54, 1.807) is 0 Å². The zero-order chi connectivity index (χ0) is 7.72. The van der Waals surface area contributed by atoms with Gasteiger partial charge in [0.05, 0.1) is 24.8 Å². The molecule has 4 atom stereocenters. The largest absolute Gasteiger partial charge is 0.390 e. The van der Waals surface area contributed by atoms with E-state index < -0.39 is 24.5 Å². The molecule has 10 heavy (non-hydrogen) atoms. The summed E-state index contributed by atoms with van der Waals surface area (Å²) in [7, 11) is 0. The summed E-state index contributed by atoms with van der Waals surface area (Å²) in [5, 5.41) is 18.0. The summed E-state index contributed by atoms with van der Waals surface area (Å²) >= 11 is 0. The van der Waals surface area contributed by atoms with Crippen molar-refractivity contribution in [3.8, 4) is 0 Å². The maximum Gasteiger partial charge on any atom is 0.172 e. The summed E-state index contributed by atoms with van der Waals surface area (Å²) in [6.45, 7) is 0.149. The van der Waals surface area contributed by atoms with Crippen molar-refractivity contribution in [3.63, 3.8) is 0 Å². The van der Waals surface area contributed by atoms with Crippen molar-refractivity contribution in [1.82, 2.24) is 0 Å². The van der Waals surface area contributed by atoms with Crippen molar-refractivity contribution in [2.45, 2.75) is 24.5 Å². The zero-order valence-electron chi connectivity index (χ0n) is 5.47. The Morgan fingerprint density at radius 2 is 1.90 bits per heavy atom. The number of aliphatic hydroxyl groups excluding tert-OH is 2. The van der Waals surface area contributed by atoms with E-state index in [2.05, 4.69) is 0 Å². The van der Waals surface area contributed by atoms with Gasteiger partial charge in [0.2, 0.25) is 0 Å². The van der Waals surface area contributed by atoms with E-state index in [0.29, 0.717) is 0 Å². The van der Waals surface area contributed by atoms with Crippen LogP contribution in [-0.2, 0) is 4.74 Å². The first-order valence-electron chi connectivity index (χ1n) is 3.12. The van der Waals surface area contributed by atoms with Gasteiger partial charge in [-0.25, -0.2) is 0 Å². The van der Waals surface area contributed by atoms with Crippen molar-refractivity contribution in [2.75, 3.05) is 6.61 Å². The van der Waals surface area contributed by atoms with Crippen LogP contribution in [0.4, 0.5) is 0 Å². The Morgan fingerprint density at radius 3 is 2.40 bits per heavy atom.